The molecule has 23 heavy (non-hydrogen) atoms. The van der Waals surface area contributed by atoms with Crippen LogP contribution in [0.15, 0.2) is 23.6 Å². The van der Waals surface area contributed by atoms with Crippen LogP contribution in [0.2, 0.25) is 0 Å². The predicted molar refractivity (Wildman–Crippen MR) is 91.6 cm³/mol. The maximum Gasteiger partial charge on any atom is 0.254 e. The smallest absolute Gasteiger partial charge is 0.254 e. The monoisotopic (exact) mass is 327 g/mol. The van der Waals surface area contributed by atoms with E-state index in [0.29, 0.717) is 5.56 Å². The third-order valence-corrected chi connectivity index (χ3v) is 5.60. The van der Waals surface area contributed by atoms with Crippen molar-refractivity contribution in [3.8, 4) is 6.07 Å². The van der Waals surface area contributed by atoms with Crippen LogP contribution in [0.3, 0.4) is 0 Å². The zero-order valence-electron chi connectivity index (χ0n) is 13.6. The van der Waals surface area contributed by atoms with Crippen molar-refractivity contribution < 1.29 is 4.79 Å². The molecule has 0 aliphatic heterocycles. The van der Waals surface area contributed by atoms with Crippen LogP contribution in [0.1, 0.15) is 52.3 Å². The molecule has 1 saturated carbocycles. The van der Waals surface area contributed by atoms with Crippen LogP contribution in [0, 0.1) is 25.2 Å². The van der Waals surface area contributed by atoms with E-state index in [9.17, 15) is 10.1 Å². The number of nitrogens with one attached hydrogen (secondary N) is 1. The minimum absolute atomic E-state index is 0.126. The number of amides is 1. The van der Waals surface area contributed by atoms with Crippen LogP contribution in [0.25, 0.3) is 0 Å². The molecule has 0 radical (unpaired) electrons. The van der Waals surface area contributed by atoms with Gasteiger partial charge < -0.3 is 9.88 Å². The summed E-state index contributed by atoms with van der Waals surface area (Å²) in [5, 5.41) is 14.5. The number of rotatable bonds is 4. The molecule has 1 N–H and O–H groups in total. The van der Waals surface area contributed by atoms with E-state index in [-0.39, 0.29) is 5.91 Å². The molecule has 0 unspecified atom stereocenters. The second kappa shape index (κ2) is 6.21. The molecule has 5 heteroatoms. The topological polar surface area (TPSA) is 57.8 Å². The fourth-order valence-electron chi connectivity index (χ4n) is 3.36. The fraction of sp³-hybridized carbons (Fsp3) is 0.444. The quantitative estimate of drug-likeness (QED) is 0.929. The highest BCUT2D eigenvalue weighted by molar-refractivity contribution is 7.09. The number of hydrogen-bond donors (Lipinski definition) is 1. The van der Waals surface area contributed by atoms with Crippen molar-refractivity contribution >= 4 is 17.2 Å². The van der Waals surface area contributed by atoms with Crippen molar-refractivity contribution in [3.05, 3.63) is 45.4 Å². The first kappa shape index (κ1) is 15.8. The third-order valence-electron chi connectivity index (χ3n) is 4.74. The van der Waals surface area contributed by atoms with Crippen molar-refractivity contribution in [3.63, 3.8) is 0 Å². The van der Waals surface area contributed by atoms with Gasteiger partial charge in [0.1, 0.15) is 5.54 Å². The Labute approximate surface area is 140 Å². The summed E-state index contributed by atoms with van der Waals surface area (Å²) in [5.41, 5.74) is 2.03. The molecule has 1 amide bonds. The van der Waals surface area contributed by atoms with E-state index in [0.717, 1.165) is 43.6 Å². The summed E-state index contributed by atoms with van der Waals surface area (Å²) in [6.07, 6.45) is 3.52. The molecular weight excluding hydrogens is 306 g/mol. The van der Waals surface area contributed by atoms with Gasteiger partial charge in [-0.25, -0.2) is 0 Å². The standard InChI is InChI=1S/C18H21N3OS/c1-13-10-16(14(2)21(13)11-15-6-5-9-23-15)17(22)20-18(12-19)7-3-4-8-18/h5-6,9-10H,3-4,7-8,11H2,1-2H3,(H,20,22). The van der Waals surface area contributed by atoms with E-state index < -0.39 is 5.54 Å². The lowest BCUT2D eigenvalue weighted by Crippen LogP contribution is -2.45. The summed E-state index contributed by atoms with van der Waals surface area (Å²) < 4.78 is 2.16. The summed E-state index contributed by atoms with van der Waals surface area (Å²) >= 11 is 1.72. The number of thiophene rings is 1. The molecule has 1 fully saturated rings. The molecule has 0 bridgehead atoms. The van der Waals surface area contributed by atoms with Gasteiger partial charge in [0.05, 0.1) is 18.2 Å². The van der Waals surface area contributed by atoms with Gasteiger partial charge >= 0.3 is 0 Å². The first-order valence-electron chi connectivity index (χ1n) is 7.97. The highest BCUT2D eigenvalue weighted by Gasteiger charge is 2.36. The van der Waals surface area contributed by atoms with E-state index in [1.54, 1.807) is 11.3 Å². The summed E-state index contributed by atoms with van der Waals surface area (Å²) in [5.74, 6) is -0.126. The van der Waals surface area contributed by atoms with Crippen LogP contribution in [-0.4, -0.2) is 16.0 Å². The molecular formula is C18H21N3OS. The van der Waals surface area contributed by atoms with Gasteiger partial charge in [-0.05, 0) is 57.0 Å². The third kappa shape index (κ3) is 3.04. The second-order valence-corrected chi connectivity index (χ2v) is 7.34. The van der Waals surface area contributed by atoms with Crippen molar-refractivity contribution in [1.29, 1.82) is 5.26 Å². The summed E-state index contributed by atoms with van der Waals surface area (Å²) in [6.45, 7) is 4.78. The maximum atomic E-state index is 12.7. The largest absolute Gasteiger partial charge is 0.343 e. The molecule has 1 aliphatic carbocycles. The van der Waals surface area contributed by atoms with Gasteiger partial charge in [-0.15, -0.1) is 11.3 Å². The molecule has 0 aromatic carbocycles. The molecule has 1 aliphatic rings. The van der Waals surface area contributed by atoms with E-state index in [1.165, 1.54) is 4.88 Å². The highest BCUT2D eigenvalue weighted by Crippen LogP contribution is 2.29. The maximum absolute atomic E-state index is 12.7. The predicted octanol–water partition coefficient (Wildman–Crippen LogP) is 3.78. The Bertz CT molecular complexity index is 746. The number of aryl methyl sites for hydroxylation is 1. The van der Waals surface area contributed by atoms with Gasteiger partial charge in [0.15, 0.2) is 0 Å². The lowest BCUT2D eigenvalue weighted by molar-refractivity contribution is 0.0920. The first-order chi connectivity index (χ1) is 11.0. The zero-order chi connectivity index (χ0) is 16.4. The number of aromatic nitrogens is 1. The Morgan fingerprint density at radius 2 is 2.17 bits per heavy atom. The lowest BCUT2D eigenvalue weighted by atomic mass is 9.99. The molecule has 2 aromatic heterocycles. The van der Waals surface area contributed by atoms with E-state index in [4.69, 9.17) is 0 Å². The van der Waals surface area contributed by atoms with Gasteiger partial charge in [-0.3, -0.25) is 4.79 Å². The first-order valence-corrected chi connectivity index (χ1v) is 8.85. The Morgan fingerprint density at radius 1 is 1.43 bits per heavy atom. The number of carbonyl (C=O) groups excluding carboxylic acids is 1. The minimum atomic E-state index is -0.673. The fourth-order valence-corrected chi connectivity index (χ4v) is 4.05. The molecule has 0 saturated heterocycles. The van der Waals surface area contributed by atoms with Crippen LogP contribution < -0.4 is 5.32 Å². The normalized spacial score (nSPS) is 16.2. The van der Waals surface area contributed by atoms with Gasteiger partial charge in [0, 0.05) is 16.3 Å². The second-order valence-electron chi connectivity index (χ2n) is 6.31. The molecule has 3 rings (SSSR count). The molecule has 0 spiro atoms. The zero-order valence-corrected chi connectivity index (χ0v) is 14.4. The molecule has 4 nitrogen and oxygen atoms in total. The van der Waals surface area contributed by atoms with Gasteiger partial charge in [0.2, 0.25) is 0 Å². The Kier molecular flexibility index (Phi) is 4.27. The SMILES string of the molecule is Cc1cc(C(=O)NC2(C#N)CCCC2)c(C)n1Cc1cccs1. The molecule has 2 heterocycles. The van der Waals surface area contributed by atoms with Crippen molar-refractivity contribution in [2.45, 2.75) is 51.6 Å². The van der Waals surface area contributed by atoms with Crippen molar-refractivity contribution in [2.24, 2.45) is 0 Å². The average Bonchev–Trinajstić information content (AvgIpc) is 3.25. The molecule has 0 atom stereocenters. The molecule has 120 valence electrons. The summed E-state index contributed by atoms with van der Waals surface area (Å²) in [7, 11) is 0. The minimum Gasteiger partial charge on any atom is -0.343 e. The van der Waals surface area contributed by atoms with Crippen LogP contribution in [-0.2, 0) is 6.54 Å². The van der Waals surface area contributed by atoms with E-state index in [2.05, 4.69) is 27.4 Å². The Morgan fingerprint density at radius 3 is 2.78 bits per heavy atom. The average molecular weight is 327 g/mol. The van der Waals surface area contributed by atoms with E-state index in [1.807, 2.05) is 26.0 Å². The summed E-state index contributed by atoms with van der Waals surface area (Å²) in [4.78, 5) is 13.9. The van der Waals surface area contributed by atoms with Gasteiger partial charge in [0.25, 0.3) is 5.91 Å². The summed E-state index contributed by atoms with van der Waals surface area (Å²) in [6, 6.07) is 8.39. The van der Waals surface area contributed by atoms with Gasteiger partial charge in [-0.2, -0.15) is 5.26 Å². The van der Waals surface area contributed by atoms with Crippen LogP contribution in [0.4, 0.5) is 0 Å². The molecule has 2 aromatic rings. The van der Waals surface area contributed by atoms with E-state index >= 15 is 0 Å². The van der Waals surface area contributed by atoms with Crippen LogP contribution in [0.5, 0.6) is 0 Å². The van der Waals surface area contributed by atoms with Crippen molar-refractivity contribution in [2.75, 3.05) is 0 Å². The Hall–Kier alpha value is -2.06. The van der Waals surface area contributed by atoms with Gasteiger partial charge in [-0.1, -0.05) is 6.07 Å². The Balaban J connectivity index is 1.83. The number of hydrogen-bond acceptors (Lipinski definition) is 3. The number of nitriles is 1. The lowest BCUT2D eigenvalue weighted by Gasteiger charge is -2.22. The van der Waals surface area contributed by atoms with Crippen molar-refractivity contribution in [1.82, 2.24) is 9.88 Å². The highest BCUT2D eigenvalue weighted by atomic mass is 32.1. The number of nitrogens with zero attached hydrogens (tertiary/aromatic N) is 2. The number of carbonyl (C=O) groups is 1. The van der Waals surface area contributed by atoms with Crippen LogP contribution >= 0.6 is 11.3 Å².